The SMILES string of the molecule is COc1ccc(C2(C(=O)OC(C)(C)C)CC(N)C2)cc1. The van der Waals surface area contributed by atoms with E-state index < -0.39 is 11.0 Å². The fourth-order valence-electron chi connectivity index (χ4n) is 2.64. The van der Waals surface area contributed by atoms with E-state index >= 15 is 0 Å². The lowest BCUT2D eigenvalue weighted by Gasteiger charge is -2.45. The molecule has 0 spiro atoms. The molecule has 1 aromatic rings. The summed E-state index contributed by atoms with van der Waals surface area (Å²) in [5.41, 5.74) is 5.78. The molecule has 0 saturated heterocycles. The number of nitrogens with two attached hydrogens (primary N) is 1. The average Bonchev–Trinajstić information content (AvgIpc) is 2.32. The van der Waals surface area contributed by atoms with Gasteiger partial charge in [0.15, 0.2) is 0 Å². The number of carbonyl (C=O) groups is 1. The Morgan fingerprint density at radius 1 is 1.25 bits per heavy atom. The number of methoxy groups -OCH3 is 1. The largest absolute Gasteiger partial charge is 0.497 e. The van der Waals surface area contributed by atoms with E-state index in [0.29, 0.717) is 12.8 Å². The summed E-state index contributed by atoms with van der Waals surface area (Å²) in [6.45, 7) is 5.64. The van der Waals surface area contributed by atoms with Gasteiger partial charge in [-0.25, -0.2) is 0 Å². The molecule has 2 rings (SSSR count). The third-order valence-corrected chi connectivity index (χ3v) is 3.65. The van der Waals surface area contributed by atoms with Crippen molar-refractivity contribution in [3.8, 4) is 5.75 Å². The number of esters is 1. The maximum atomic E-state index is 12.6. The highest BCUT2D eigenvalue weighted by Gasteiger charge is 2.52. The van der Waals surface area contributed by atoms with E-state index in [-0.39, 0.29) is 12.0 Å². The van der Waals surface area contributed by atoms with Crippen LogP contribution in [0.2, 0.25) is 0 Å². The fraction of sp³-hybridized carbons (Fsp3) is 0.562. The van der Waals surface area contributed by atoms with E-state index in [9.17, 15) is 4.79 Å². The predicted octanol–water partition coefficient (Wildman–Crippen LogP) is 2.40. The van der Waals surface area contributed by atoms with Gasteiger partial charge in [-0.1, -0.05) is 12.1 Å². The van der Waals surface area contributed by atoms with Gasteiger partial charge >= 0.3 is 5.97 Å². The molecule has 4 heteroatoms. The van der Waals surface area contributed by atoms with Gasteiger partial charge in [-0.3, -0.25) is 4.79 Å². The lowest BCUT2D eigenvalue weighted by Crippen LogP contribution is -2.55. The van der Waals surface area contributed by atoms with E-state index in [1.54, 1.807) is 7.11 Å². The van der Waals surface area contributed by atoms with Crippen LogP contribution in [-0.4, -0.2) is 24.7 Å². The lowest BCUT2D eigenvalue weighted by molar-refractivity contribution is -0.166. The first kappa shape index (κ1) is 14.9. The standard InChI is InChI=1S/C16H23NO3/c1-15(2,3)20-14(18)16(9-12(17)10-16)11-5-7-13(19-4)8-6-11/h5-8,12H,9-10,17H2,1-4H3. The van der Waals surface area contributed by atoms with Crippen LogP contribution in [-0.2, 0) is 14.9 Å². The van der Waals surface area contributed by atoms with Gasteiger partial charge in [0, 0.05) is 6.04 Å². The first-order chi connectivity index (χ1) is 9.27. The van der Waals surface area contributed by atoms with Crippen molar-refractivity contribution in [2.24, 2.45) is 5.73 Å². The molecule has 0 atom stereocenters. The summed E-state index contributed by atoms with van der Waals surface area (Å²) in [6.07, 6.45) is 1.27. The minimum Gasteiger partial charge on any atom is -0.497 e. The van der Waals surface area contributed by atoms with Crippen molar-refractivity contribution in [2.45, 2.75) is 50.7 Å². The summed E-state index contributed by atoms with van der Waals surface area (Å²) in [5, 5.41) is 0. The van der Waals surface area contributed by atoms with Crippen LogP contribution in [0.4, 0.5) is 0 Å². The van der Waals surface area contributed by atoms with Gasteiger partial charge in [-0.05, 0) is 51.3 Å². The molecule has 0 aliphatic heterocycles. The van der Waals surface area contributed by atoms with Crippen LogP contribution in [0.1, 0.15) is 39.2 Å². The Hall–Kier alpha value is -1.55. The third kappa shape index (κ3) is 2.80. The quantitative estimate of drug-likeness (QED) is 0.862. The van der Waals surface area contributed by atoms with Crippen molar-refractivity contribution >= 4 is 5.97 Å². The van der Waals surface area contributed by atoms with Crippen LogP contribution in [0.15, 0.2) is 24.3 Å². The number of hydrogen-bond donors (Lipinski definition) is 1. The molecule has 0 unspecified atom stereocenters. The number of ether oxygens (including phenoxy) is 2. The number of carbonyl (C=O) groups excluding carboxylic acids is 1. The zero-order valence-corrected chi connectivity index (χ0v) is 12.6. The molecule has 20 heavy (non-hydrogen) atoms. The highest BCUT2D eigenvalue weighted by atomic mass is 16.6. The normalized spacial score (nSPS) is 25.8. The van der Waals surface area contributed by atoms with Gasteiger partial charge in [-0.2, -0.15) is 0 Å². The molecule has 0 heterocycles. The molecule has 0 radical (unpaired) electrons. The van der Waals surface area contributed by atoms with Gasteiger partial charge in [0.25, 0.3) is 0 Å². The first-order valence-electron chi connectivity index (χ1n) is 6.90. The van der Waals surface area contributed by atoms with Crippen LogP contribution in [0, 0.1) is 0 Å². The second-order valence-electron chi connectivity index (χ2n) is 6.48. The van der Waals surface area contributed by atoms with E-state index in [1.165, 1.54) is 0 Å². The highest BCUT2D eigenvalue weighted by Crippen LogP contribution is 2.45. The van der Waals surface area contributed by atoms with Gasteiger partial charge in [0.1, 0.15) is 11.4 Å². The van der Waals surface area contributed by atoms with Gasteiger partial charge in [0.2, 0.25) is 0 Å². The molecule has 1 aliphatic carbocycles. The molecular formula is C16H23NO3. The zero-order chi connectivity index (χ0) is 15.0. The molecule has 110 valence electrons. The number of benzene rings is 1. The second-order valence-corrected chi connectivity index (χ2v) is 6.48. The number of hydrogen-bond acceptors (Lipinski definition) is 4. The highest BCUT2D eigenvalue weighted by molar-refractivity contribution is 5.85. The lowest BCUT2D eigenvalue weighted by atomic mass is 9.61. The summed E-state index contributed by atoms with van der Waals surface area (Å²) in [7, 11) is 1.62. The van der Waals surface area contributed by atoms with Gasteiger partial charge in [0.05, 0.1) is 12.5 Å². The minimum absolute atomic E-state index is 0.0598. The predicted molar refractivity (Wildman–Crippen MR) is 77.7 cm³/mol. The van der Waals surface area contributed by atoms with E-state index in [2.05, 4.69) is 0 Å². The molecule has 0 amide bonds. The molecule has 0 aromatic heterocycles. The second kappa shape index (κ2) is 5.09. The minimum atomic E-state index is -0.598. The molecular weight excluding hydrogens is 254 g/mol. The Kier molecular flexibility index (Phi) is 3.78. The molecule has 2 N–H and O–H groups in total. The smallest absolute Gasteiger partial charge is 0.317 e. The summed E-state index contributed by atoms with van der Waals surface area (Å²) in [4.78, 5) is 12.6. The van der Waals surface area contributed by atoms with Crippen LogP contribution >= 0.6 is 0 Å². The Morgan fingerprint density at radius 2 is 1.80 bits per heavy atom. The van der Waals surface area contributed by atoms with Crippen molar-refractivity contribution in [1.82, 2.24) is 0 Å². The summed E-state index contributed by atoms with van der Waals surface area (Å²) in [5.74, 6) is 0.591. The fourth-order valence-corrected chi connectivity index (χ4v) is 2.64. The van der Waals surface area contributed by atoms with Crippen molar-refractivity contribution in [1.29, 1.82) is 0 Å². The monoisotopic (exact) mass is 277 g/mol. The maximum Gasteiger partial charge on any atom is 0.317 e. The number of rotatable bonds is 3. The molecule has 0 bridgehead atoms. The van der Waals surface area contributed by atoms with Crippen LogP contribution in [0.5, 0.6) is 5.75 Å². The Morgan fingerprint density at radius 3 is 2.20 bits per heavy atom. The Bertz CT molecular complexity index is 481. The van der Waals surface area contributed by atoms with Crippen molar-refractivity contribution in [2.75, 3.05) is 7.11 Å². The molecule has 1 saturated carbocycles. The summed E-state index contributed by atoms with van der Waals surface area (Å²) >= 11 is 0. The van der Waals surface area contributed by atoms with Gasteiger partial charge in [-0.15, -0.1) is 0 Å². The van der Waals surface area contributed by atoms with Crippen molar-refractivity contribution < 1.29 is 14.3 Å². The Labute approximate surface area is 120 Å². The first-order valence-corrected chi connectivity index (χ1v) is 6.90. The van der Waals surface area contributed by atoms with E-state index in [0.717, 1.165) is 11.3 Å². The summed E-state index contributed by atoms with van der Waals surface area (Å²) < 4.78 is 10.7. The van der Waals surface area contributed by atoms with Crippen molar-refractivity contribution in [3.05, 3.63) is 29.8 Å². The molecule has 1 fully saturated rings. The third-order valence-electron chi connectivity index (χ3n) is 3.65. The van der Waals surface area contributed by atoms with Crippen LogP contribution in [0.25, 0.3) is 0 Å². The topological polar surface area (TPSA) is 61.5 Å². The summed E-state index contributed by atoms with van der Waals surface area (Å²) in [6, 6.07) is 7.64. The van der Waals surface area contributed by atoms with Crippen molar-refractivity contribution in [3.63, 3.8) is 0 Å². The Balaban J connectivity index is 2.27. The molecule has 1 aromatic carbocycles. The molecule has 4 nitrogen and oxygen atoms in total. The van der Waals surface area contributed by atoms with Gasteiger partial charge < -0.3 is 15.2 Å². The average molecular weight is 277 g/mol. The maximum absolute atomic E-state index is 12.6. The van der Waals surface area contributed by atoms with Crippen LogP contribution < -0.4 is 10.5 Å². The van der Waals surface area contributed by atoms with E-state index in [4.69, 9.17) is 15.2 Å². The van der Waals surface area contributed by atoms with E-state index in [1.807, 2.05) is 45.0 Å². The zero-order valence-electron chi connectivity index (χ0n) is 12.6. The molecule has 1 aliphatic rings. The van der Waals surface area contributed by atoms with Crippen LogP contribution in [0.3, 0.4) is 0 Å².